The Morgan fingerprint density at radius 2 is 2.29 bits per heavy atom. The Bertz CT molecular complexity index is 61.2. The summed E-state index contributed by atoms with van der Waals surface area (Å²) in [5, 5.41) is 0. The Kier molecular flexibility index (Phi) is 7.85. The summed E-state index contributed by atoms with van der Waals surface area (Å²) in [6.45, 7) is 4.31. The number of nitrogens with zero attached hydrogens (tertiary/aromatic N) is 1. The molecule has 0 aliphatic carbocycles. The molecule has 0 rings (SSSR count). The molecule has 0 amide bonds. The molecule has 0 saturated carbocycles. The van der Waals surface area contributed by atoms with Gasteiger partial charge < -0.3 is 0 Å². The van der Waals surface area contributed by atoms with Crippen molar-refractivity contribution in [3.8, 4) is 0 Å². The van der Waals surface area contributed by atoms with Crippen LogP contribution in [0.5, 0.6) is 0 Å². The van der Waals surface area contributed by atoms with Gasteiger partial charge in [-0.05, 0) is 0 Å². The van der Waals surface area contributed by atoms with E-state index >= 15 is 0 Å². The summed E-state index contributed by atoms with van der Waals surface area (Å²) in [5.41, 5.74) is 0. The third-order valence-corrected chi connectivity index (χ3v) is 10.8. The molecule has 0 aromatic heterocycles. The van der Waals surface area contributed by atoms with Crippen molar-refractivity contribution in [2.75, 3.05) is 0 Å². The molecule has 7 heavy (non-hydrogen) atoms. The summed E-state index contributed by atoms with van der Waals surface area (Å²) < 4.78 is 4.40. The Morgan fingerprint density at radius 3 is 2.43 bits per heavy atom. The Hall–Kier alpha value is 1.99. The van der Waals surface area contributed by atoms with E-state index in [1.807, 2.05) is 0 Å². The van der Waals surface area contributed by atoms with Gasteiger partial charge in [0.2, 0.25) is 0 Å². The van der Waals surface area contributed by atoms with Gasteiger partial charge in [0.25, 0.3) is 0 Å². The summed E-state index contributed by atoms with van der Waals surface area (Å²) in [4.78, 5) is 0. The second kappa shape index (κ2) is 6.12. The van der Waals surface area contributed by atoms with Gasteiger partial charge in [-0.2, -0.15) is 0 Å². The molecule has 0 saturated heterocycles. The fourth-order valence-corrected chi connectivity index (χ4v) is 7.87. The minimum atomic E-state index is 0.327. The van der Waals surface area contributed by atoms with Crippen molar-refractivity contribution in [1.82, 2.24) is 0 Å². The van der Waals surface area contributed by atoms with E-state index in [-0.39, 0.29) is 0 Å². The molecule has 0 bridgehead atoms. The van der Waals surface area contributed by atoms with Crippen LogP contribution in [0.15, 0.2) is 3.15 Å². The van der Waals surface area contributed by atoms with Gasteiger partial charge in [0.1, 0.15) is 0 Å². The summed E-state index contributed by atoms with van der Waals surface area (Å²) in [6.07, 6.45) is 0. The van der Waals surface area contributed by atoms with Crippen LogP contribution in [0, 0.1) is 0 Å². The van der Waals surface area contributed by atoms with Gasteiger partial charge in [0.15, 0.2) is 0 Å². The molecular formula is C3H8I3N. The third-order valence-electron chi connectivity index (χ3n) is 0.258. The van der Waals surface area contributed by atoms with Crippen LogP contribution >= 0.6 is 17.1 Å². The van der Waals surface area contributed by atoms with Crippen LogP contribution in [-0.2, 0) is 0 Å². The van der Waals surface area contributed by atoms with Gasteiger partial charge in [0, 0.05) is 0 Å². The first-order chi connectivity index (χ1) is 3.27. The van der Waals surface area contributed by atoms with Gasteiger partial charge in [-0.25, -0.2) is 0 Å². The standard InChI is InChI=1S/C3H8I3N/c1-3(2)7-6-5-4/h3-4H,1-2H3. The van der Waals surface area contributed by atoms with Gasteiger partial charge in [-0.1, -0.05) is 0 Å². The molecular weight excluding hydrogens is 431 g/mol. The fourth-order valence-electron chi connectivity index (χ4n) is 0.0888. The van der Waals surface area contributed by atoms with E-state index in [0.29, 0.717) is 36.4 Å². The van der Waals surface area contributed by atoms with E-state index in [9.17, 15) is 0 Å². The van der Waals surface area contributed by atoms with Crippen molar-refractivity contribution in [2.45, 2.75) is 19.9 Å². The molecule has 46 valence electrons. The number of hydrogen-bond donors (Lipinski definition) is 0. The van der Waals surface area contributed by atoms with Crippen LogP contribution in [0.4, 0.5) is 0 Å². The molecule has 0 aromatic carbocycles. The van der Waals surface area contributed by atoms with E-state index in [0.717, 1.165) is 0 Å². The molecule has 0 aromatic rings. The molecule has 4 heteroatoms. The van der Waals surface area contributed by atoms with Crippen LogP contribution in [0.1, 0.15) is 13.8 Å². The van der Waals surface area contributed by atoms with Crippen LogP contribution in [0.3, 0.4) is 0 Å². The van der Waals surface area contributed by atoms with Crippen molar-refractivity contribution in [3.63, 3.8) is 0 Å². The average molecular weight is 439 g/mol. The van der Waals surface area contributed by atoms with Gasteiger partial charge >= 0.3 is 72.0 Å². The molecule has 0 radical (unpaired) electrons. The van der Waals surface area contributed by atoms with E-state index in [4.69, 9.17) is 0 Å². The second-order valence-electron chi connectivity index (χ2n) is 1.31. The summed E-state index contributed by atoms with van der Waals surface area (Å²) in [5.74, 6) is 0. The average Bonchev–Trinajstić information content (AvgIpc) is 1.61. The zero-order valence-corrected chi connectivity index (χ0v) is 10.8. The molecule has 0 heterocycles. The molecule has 0 unspecified atom stereocenters. The fraction of sp³-hybridized carbons (Fsp3) is 1.00. The molecule has 0 fully saturated rings. The van der Waals surface area contributed by atoms with E-state index < -0.39 is 0 Å². The number of rotatable bonds is 2. The Labute approximate surface area is 70.7 Å². The molecule has 0 aliphatic rings. The van der Waals surface area contributed by atoms with E-state index in [2.05, 4.69) is 35.6 Å². The monoisotopic (exact) mass is 439 g/mol. The first kappa shape index (κ1) is 8.99. The Balaban J connectivity index is 3.08. The van der Waals surface area contributed by atoms with Crippen LogP contribution in [0.2, 0.25) is 0 Å². The van der Waals surface area contributed by atoms with Crippen molar-refractivity contribution in [3.05, 3.63) is 0 Å². The van der Waals surface area contributed by atoms with E-state index in [1.54, 1.807) is 0 Å². The van der Waals surface area contributed by atoms with Crippen molar-refractivity contribution < 1.29 is 31.9 Å². The summed E-state index contributed by atoms with van der Waals surface area (Å²) in [6, 6.07) is 0.606. The maximum atomic E-state index is 4.40. The van der Waals surface area contributed by atoms with Crippen LogP contribution < -0.4 is 31.9 Å². The molecule has 0 N–H and O–H groups in total. The Morgan fingerprint density at radius 1 is 1.71 bits per heavy atom. The summed E-state index contributed by atoms with van der Waals surface area (Å²) >= 11 is 3.10. The van der Waals surface area contributed by atoms with Gasteiger partial charge in [-0.3, -0.25) is 0 Å². The first-order valence-electron chi connectivity index (χ1n) is 1.88. The maximum absolute atomic E-state index is 4.40. The van der Waals surface area contributed by atoms with Gasteiger partial charge in [-0.15, -0.1) is 0 Å². The normalized spacial score (nSPS) is 13.1. The van der Waals surface area contributed by atoms with Crippen molar-refractivity contribution >= 4 is 17.1 Å². The predicted octanol–water partition coefficient (Wildman–Crippen LogP) is -4.25. The SMILES string of the molecule is CC(C)N=I[I-][IH+]. The summed E-state index contributed by atoms with van der Waals surface area (Å²) in [7, 11) is 0. The molecule has 0 atom stereocenters. The zero-order valence-electron chi connectivity index (χ0n) is 4.19. The minimum absolute atomic E-state index is 0.327. The topological polar surface area (TPSA) is 12.4 Å². The van der Waals surface area contributed by atoms with Crippen LogP contribution in [-0.4, -0.2) is 6.04 Å². The number of hydrogen-bond acceptors (Lipinski definition) is 1. The van der Waals surface area contributed by atoms with Crippen molar-refractivity contribution in [2.24, 2.45) is 3.15 Å². The quantitative estimate of drug-likeness (QED) is 0.388. The predicted molar refractivity (Wildman–Crippen MR) is 33.0 cm³/mol. The third kappa shape index (κ3) is 7.99. The number of halogens is 3. The second-order valence-corrected chi connectivity index (χ2v) is 22.2. The van der Waals surface area contributed by atoms with Crippen LogP contribution in [0.25, 0.3) is 0 Å². The first-order valence-corrected chi connectivity index (χ1v) is 15.9. The zero-order chi connectivity index (χ0) is 5.70. The molecule has 0 spiro atoms. The van der Waals surface area contributed by atoms with E-state index in [1.165, 1.54) is 0 Å². The molecule has 1 nitrogen and oxygen atoms in total. The molecule has 0 aliphatic heterocycles. The van der Waals surface area contributed by atoms with Crippen molar-refractivity contribution in [1.29, 1.82) is 0 Å². The van der Waals surface area contributed by atoms with Gasteiger partial charge in [0.05, 0.1) is 0 Å².